The Morgan fingerprint density at radius 2 is 1.77 bits per heavy atom. The molecule has 0 bridgehead atoms. The maximum atomic E-state index is 12.2. The maximum absolute atomic E-state index is 12.2. The van der Waals surface area contributed by atoms with Crippen LogP contribution in [0.25, 0.3) is 0 Å². The minimum Gasteiger partial charge on any atom is -0.295 e. The Hall–Kier alpha value is -1.44. The van der Waals surface area contributed by atoms with Crippen molar-refractivity contribution in [1.82, 2.24) is 0 Å². The zero-order chi connectivity index (χ0) is 16.5. The van der Waals surface area contributed by atoms with Crippen molar-refractivity contribution in [3.63, 3.8) is 0 Å². The van der Waals surface area contributed by atoms with E-state index in [0.29, 0.717) is 24.7 Å². The summed E-state index contributed by atoms with van der Waals surface area (Å²) >= 11 is 0. The van der Waals surface area contributed by atoms with Crippen LogP contribution in [0.2, 0.25) is 0 Å². The predicted molar refractivity (Wildman–Crippen MR) is 90.5 cm³/mol. The molecule has 0 N–H and O–H groups in total. The molecule has 0 saturated heterocycles. The number of rotatable bonds is 0. The third kappa shape index (κ3) is 3.85. The first-order chi connectivity index (χ1) is 10.2. The van der Waals surface area contributed by atoms with Gasteiger partial charge >= 0.3 is 0 Å². The summed E-state index contributed by atoms with van der Waals surface area (Å²) in [6, 6.07) is 0. The van der Waals surface area contributed by atoms with Gasteiger partial charge in [0.05, 0.1) is 0 Å². The van der Waals surface area contributed by atoms with Gasteiger partial charge < -0.3 is 0 Å². The molecule has 0 aromatic rings. The summed E-state index contributed by atoms with van der Waals surface area (Å²) in [5.74, 6) is 1.44. The molecule has 0 aromatic carbocycles. The van der Waals surface area contributed by atoms with Gasteiger partial charge in [-0.3, -0.25) is 9.59 Å². The lowest BCUT2D eigenvalue weighted by atomic mass is 10.0. The zero-order valence-electron chi connectivity index (χ0n) is 14.5. The van der Waals surface area contributed by atoms with Crippen molar-refractivity contribution in [1.29, 1.82) is 0 Å². The minimum absolute atomic E-state index is 0.148. The van der Waals surface area contributed by atoms with E-state index >= 15 is 0 Å². The van der Waals surface area contributed by atoms with Crippen molar-refractivity contribution in [2.45, 2.75) is 60.3 Å². The molecule has 0 radical (unpaired) electrons. The van der Waals surface area contributed by atoms with Gasteiger partial charge in [-0.1, -0.05) is 37.1 Å². The molecule has 2 nitrogen and oxygen atoms in total. The van der Waals surface area contributed by atoms with Crippen LogP contribution in [0.5, 0.6) is 0 Å². The summed E-state index contributed by atoms with van der Waals surface area (Å²) in [6.07, 6.45) is 8.78. The molecule has 2 aliphatic carbocycles. The monoisotopic (exact) mass is 300 g/mol. The molecule has 0 aromatic heterocycles. The number of Topliss-reactive ketones (excluding diaryl/α,β-unsaturated/α-hetero) is 1. The molecule has 0 spiro atoms. The highest BCUT2D eigenvalue weighted by molar-refractivity contribution is 5.96. The largest absolute Gasteiger partial charge is 0.295 e. The lowest BCUT2D eigenvalue weighted by Gasteiger charge is -2.04. The molecule has 2 aliphatic rings. The van der Waals surface area contributed by atoms with Crippen LogP contribution in [0.15, 0.2) is 34.9 Å². The van der Waals surface area contributed by atoms with Crippen LogP contribution in [-0.4, -0.2) is 11.6 Å². The van der Waals surface area contributed by atoms with Gasteiger partial charge in [-0.15, -0.1) is 0 Å². The molecular weight excluding hydrogens is 272 g/mol. The van der Waals surface area contributed by atoms with Crippen LogP contribution in [0.4, 0.5) is 0 Å². The number of carbonyl (C=O) groups excluding carboxylic acids is 2. The van der Waals surface area contributed by atoms with Crippen LogP contribution in [0, 0.1) is 17.3 Å². The summed E-state index contributed by atoms with van der Waals surface area (Å²) in [4.78, 5) is 24.3. The molecule has 0 heterocycles. The van der Waals surface area contributed by atoms with Crippen molar-refractivity contribution in [2.75, 3.05) is 0 Å². The van der Waals surface area contributed by atoms with E-state index in [-0.39, 0.29) is 17.0 Å². The van der Waals surface area contributed by atoms with Crippen LogP contribution in [0.3, 0.4) is 0 Å². The molecule has 1 saturated carbocycles. The molecule has 2 rings (SSSR count). The third-order valence-corrected chi connectivity index (χ3v) is 5.35. The molecule has 0 unspecified atom stereocenters. The average molecular weight is 300 g/mol. The summed E-state index contributed by atoms with van der Waals surface area (Å²) in [7, 11) is 0. The number of ketones is 2. The second-order valence-corrected chi connectivity index (χ2v) is 7.65. The highest BCUT2D eigenvalue weighted by Gasteiger charge is 2.55. The quantitative estimate of drug-likeness (QED) is 0.602. The van der Waals surface area contributed by atoms with Gasteiger partial charge in [0.25, 0.3) is 0 Å². The first kappa shape index (κ1) is 16.9. The highest BCUT2D eigenvalue weighted by Crippen LogP contribution is 2.61. The van der Waals surface area contributed by atoms with E-state index in [4.69, 9.17) is 0 Å². The Labute approximate surface area is 134 Å². The topological polar surface area (TPSA) is 34.1 Å². The molecule has 1 fully saturated rings. The van der Waals surface area contributed by atoms with Crippen molar-refractivity contribution in [3.05, 3.63) is 34.9 Å². The van der Waals surface area contributed by atoms with E-state index in [1.54, 1.807) is 6.08 Å². The second-order valence-electron chi connectivity index (χ2n) is 7.65. The fourth-order valence-electron chi connectivity index (χ4n) is 3.59. The van der Waals surface area contributed by atoms with Crippen molar-refractivity contribution in [2.24, 2.45) is 17.3 Å². The van der Waals surface area contributed by atoms with E-state index in [9.17, 15) is 9.59 Å². The summed E-state index contributed by atoms with van der Waals surface area (Å²) in [6.45, 7) is 10.5. The van der Waals surface area contributed by atoms with Gasteiger partial charge in [0.15, 0.2) is 11.6 Å². The first-order valence-electron chi connectivity index (χ1n) is 8.29. The Balaban J connectivity index is 2.25. The Bertz CT molecular complexity index is 573. The first-order valence-corrected chi connectivity index (χ1v) is 8.29. The van der Waals surface area contributed by atoms with E-state index in [2.05, 4.69) is 26.8 Å². The Morgan fingerprint density at radius 3 is 2.45 bits per heavy atom. The smallest absolute Gasteiger partial charge is 0.162 e. The minimum atomic E-state index is 0.148. The van der Waals surface area contributed by atoms with E-state index in [0.717, 1.165) is 24.0 Å². The number of carbonyl (C=O) groups is 2. The SMILES string of the molecule is C/C1=C\C(=O)C/C(C)=C/CC(=O)/C(C)=C/[C@H]2[C@@H](CC1)C2(C)C. The number of fused-ring (bicyclic) bond motifs is 1. The summed E-state index contributed by atoms with van der Waals surface area (Å²) in [5, 5.41) is 0. The molecule has 120 valence electrons. The van der Waals surface area contributed by atoms with Gasteiger partial charge in [0, 0.05) is 12.8 Å². The third-order valence-electron chi connectivity index (χ3n) is 5.35. The van der Waals surface area contributed by atoms with E-state index < -0.39 is 0 Å². The molecular formula is C20H28O2. The normalized spacial score (nSPS) is 36.9. The number of hydrogen-bond acceptors (Lipinski definition) is 2. The average Bonchev–Trinajstić information content (AvgIpc) is 2.92. The lowest BCUT2D eigenvalue weighted by Crippen LogP contribution is -2.01. The van der Waals surface area contributed by atoms with Crippen LogP contribution >= 0.6 is 0 Å². The lowest BCUT2D eigenvalue weighted by molar-refractivity contribution is -0.115. The molecule has 0 amide bonds. The Morgan fingerprint density at radius 1 is 1.09 bits per heavy atom. The summed E-state index contributed by atoms with van der Waals surface area (Å²) in [5.41, 5.74) is 3.31. The van der Waals surface area contributed by atoms with Gasteiger partial charge in [0.1, 0.15) is 0 Å². The highest BCUT2D eigenvalue weighted by atomic mass is 16.1. The number of allylic oxidation sites excluding steroid dienone is 6. The summed E-state index contributed by atoms with van der Waals surface area (Å²) < 4.78 is 0. The fourth-order valence-corrected chi connectivity index (χ4v) is 3.59. The van der Waals surface area contributed by atoms with Gasteiger partial charge in [0.2, 0.25) is 0 Å². The van der Waals surface area contributed by atoms with Gasteiger partial charge in [-0.05, 0) is 62.5 Å². The molecule has 22 heavy (non-hydrogen) atoms. The molecule has 2 atom stereocenters. The number of hydrogen-bond donors (Lipinski definition) is 0. The van der Waals surface area contributed by atoms with Crippen LogP contribution < -0.4 is 0 Å². The predicted octanol–water partition coefficient (Wildman–Crippen LogP) is 4.81. The van der Waals surface area contributed by atoms with Crippen molar-refractivity contribution < 1.29 is 9.59 Å². The van der Waals surface area contributed by atoms with E-state index in [1.165, 1.54) is 5.57 Å². The zero-order valence-corrected chi connectivity index (χ0v) is 14.5. The standard InChI is InChI=1S/C20H28O2/c1-13-6-8-17-18(20(17,4)5)12-15(3)19(22)9-7-14(2)11-16(21)10-13/h7,10,12,17-18H,6,8-9,11H2,1-5H3/b13-10+,14-7+,15-12+/t17-,18+/m1/s1. The van der Waals surface area contributed by atoms with Gasteiger partial charge in [-0.25, -0.2) is 0 Å². The van der Waals surface area contributed by atoms with Crippen molar-refractivity contribution in [3.8, 4) is 0 Å². The maximum Gasteiger partial charge on any atom is 0.162 e. The molecule has 0 aliphatic heterocycles. The second kappa shape index (κ2) is 6.36. The van der Waals surface area contributed by atoms with Crippen LogP contribution in [0.1, 0.15) is 60.3 Å². The van der Waals surface area contributed by atoms with Crippen LogP contribution in [-0.2, 0) is 9.59 Å². The Kier molecular flexibility index (Phi) is 4.89. The van der Waals surface area contributed by atoms with Gasteiger partial charge in [-0.2, -0.15) is 0 Å². The fraction of sp³-hybridized carbons (Fsp3) is 0.600. The van der Waals surface area contributed by atoms with E-state index in [1.807, 2.05) is 19.9 Å². The molecule has 2 heteroatoms. The van der Waals surface area contributed by atoms with Crippen molar-refractivity contribution >= 4 is 11.6 Å².